The summed E-state index contributed by atoms with van der Waals surface area (Å²) in [7, 11) is 0. The average Bonchev–Trinajstić information content (AvgIpc) is 2.81. The minimum atomic E-state index is 0.461. The fraction of sp³-hybridized carbons (Fsp3) is 0. The Hall–Kier alpha value is -2.58. The molecule has 5 heteroatoms. The summed E-state index contributed by atoms with van der Waals surface area (Å²) in [5.41, 5.74) is 14.0. The Morgan fingerprint density at radius 1 is 1.11 bits per heavy atom. The van der Waals surface area contributed by atoms with Crippen LogP contribution in [-0.2, 0) is 0 Å². The second-order valence-electron chi connectivity index (χ2n) is 3.96. The van der Waals surface area contributed by atoms with Gasteiger partial charge in [0.05, 0.1) is 5.39 Å². The van der Waals surface area contributed by atoms with Crippen molar-refractivity contribution >= 4 is 33.1 Å². The second kappa shape index (κ2) is 4.59. The number of anilines is 2. The van der Waals surface area contributed by atoms with Crippen molar-refractivity contribution in [1.29, 1.82) is 0 Å². The summed E-state index contributed by atoms with van der Waals surface area (Å²) >= 11 is 1.51. The number of aromatic nitrogens is 2. The maximum atomic E-state index is 5.86. The normalized spacial score (nSPS) is 10.1. The van der Waals surface area contributed by atoms with Crippen molar-refractivity contribution in [3.8, 4) is 11.8 Å². The molecule has 0 aliphatic heterocycles. The second-order valence-corrected chi connectivity index (χ2v) is 4.82. The molecule has 0 saturated carbocycles. The fourth-order valence-corrected chi connectivity index (χ4v) is 2.59. The van der Waals surface area contributed by atoms with Crippen LogP contribution < -0.4 is 11.5 Å². The number of rotatable bonds is 0. The number of fused-ring (bicyclic) bond motifs is 1. The highest BCUT2D eigenvalue weighted by atomic mass is 32.1. The van der Waals surface area contributed by atoms with Crippen molar-refractivity contribution in [3.05, 3.63) is 47.1 Å². The van der Waals surface area contributed by atoms with Gasteiger partial charge in [0, 0.05) is 22.2 Å². The third-order valence-electron chi connectivity index (χ3n) is 2.63. The lowest BCUT2D eigenvalue weighted by atomic mass is 10.2. The van der Waals surface area contributed by atoms with Crippen molar-refractivity contribution in [2.75, 3.05) is 11.5 Å². The molecule has 0 unspecified atom stereocenters. The quantitative estimate of drug-likeness (QED) is 0.483. The van der Waals surface area contributed by atoms with Crippen LogP contribution in [0.15, 0.2) is 36.0 Å². The molecular formula is C14H10N4S. The van der Waals surface area contributed by atoms with Gasteiger partial charge in [0.25, 0.3) is 0 Å². The molecule has 0 spiro atoms. The van der Waals surface area contributed by atoms with Gasteiger partial charge >= 0.3 is 0 Å². The first-order valence-corrected chi connectivity index (χ1v) is 6.47. The molecule has 4 nitrogen and oxygen atoms in total. The standard InChI is InChI=1S/C14H10N4S/c15-11-3-1-2-9(6-11)4-5-10-7-19-14-12(10)13(16)17-8-18-14/h1-3,6-8H,15H2,(H2,16,17,18). The van der Waals surface area contributed by atoms with Crippen LogP contribution in [0.4, 0.5) is 11.5 Å². The molecule has 4 N–H and O–H groups in total. The van der Waals surface area contributed by atoms with Gasteiger partial charge < -0.3 is 11.5 Å². The van der Waals surface area contributed by atoms with Crippen LogP contribution in [0.25, 0.3) is 10.2 Å². The van der Waals surface area contributed by atoms with Crippen molar-refractivity contribution in [2.24, 2.45) is 0 Å². The molecule has 0 aliphatic carbocycles. The van der Waals surface area contributed by atoms with Crippen molar-refractivity contribution in [3.63, 3.8) is 0 Å². The maximum Gasteiger partial charge on any atom is 0.136 e. The van der Waals surface area contributed by atoms with Crippen LogP contribution in [0.3, 0.4) is 0 Å². The molecule has 19 heavy (non-hydrogen) atoms. The van der Waals surface area contributed by atoms with Crippen molar-refractivity contribution in [2.45, 2.75) is 0 Å². The molecule has 0 radical (unpaired) electrons. The molecule has 0 aliphatic rings. The number of benzene rings is 1. The lowest BCUT2D eigenvalue weighted by Gasteiger charge is -1.94. The molecule has 3 aromatic rings. The van der Waals surface area contributed by atoms with Crippen LogP contribution in [-0.4, -0.2) is 9.97 Å². The predicted octanol–water partition coefficient (Wildman–Crippen LogP) is 2.26. The maximum absolute atomic E-state index is 5.86. The smallest absolute Gasteiger partial charge is 0.136 e. The fourth-order valence-electron chi connectivity index (χ4n) is 1.75. The van der Waals surface area contributed by atoms with Gasteiger partial charge in [-0.25, -0.2) is 9.97 Å². The van der Waals surface area contributed by atoms with Crippen LogP contribution >= 0.6 is 11.3 Å². The number of nitrogens with zero attached hydrogens (tertiary/aromatic N) is 2. The summed E-state index contributed by atoms with van der Waals surface area (Å²) < 4.78 is 0. The molecule has 3 rings (SSSR count). The predicted molar refractivity (Wildman–Crippen MR) is 78.7 cm³/mol. The van der Waals surface area contributed by atoms with Crippen molar-refractivity contribution in [1.82, 2.24) is 9.97 Å². The van der Waals surface area contributed by atoms with E-state index in [1.165, 1.54) is 17.7 Å². The Kier molecular flexibility index (Phi) is 2.78. The van der Waals surface area contributed by atoms with Gasteiger partial charge in [-0.3, -0.25) is 0 Å². The van der Waals surface area contributed by atoms with Gasteiger partial charge in [-0.2, -0.15) is 0 Å². The highest BCUT2D eigenvalue weighted by Gasteiger charge is 2.06. The van der Waals surface area contributed by atoms with Crippen molar-refractivity contribution < 1.29 is 0 Å². The lowest BCUT2D eigenvalue weighted by molar-refractivity contribution is 1.24. The molecule has 0 atom stereocenters. The Balaban J connectivity index is 2.08. The zero-order chi connectivity index (χ0) is 13.2. The minimum absolute atomic E-state index is 0.461. The largest absolute Gasteiger partial charge is 0.399 e. The topological polar surface area (TPSA) is 77.8 Å². The van der Waals surface area contributed by atoms with E-state index in [0.717, 1.165) is 21.3 Å². The van der Waals surface area contributed by atoms with Gasteiger partial charge in [-0.1, -0.05) is 17.9 Å². The van der Waals surface area contributed by atoms with E-state index in [0.29, 0.717) is 11.5 Å². The number of nitrogens with two attached hydrogens (primary N) is 2. The van der Waals surface area contributed by atoms with Crippen LogP contribution in [0.5, 0.6) is 0 Å². The molecule has 0 amide bonds. The minimum Gasteiger partial charge on any atom is -0.399 e. The van der Waals surface area contributed by atoms with Gasteiger partial charge in [-0.05, 0) is 18.2 Å². The lowest BCUT2D eigenvalue weighted by Crippen LogP contribution is -1.91. The summed E-state index contributed by atoms with van der Waals surface area (Å²) in [5, 5.41) is 2.76. The number of nitrogen functional groups attached to an aromatic ring is 2. The third-order valence-corrected chi connectivity index (χ3v) is 3.51. The van der Waals surface area contributed by atoms with E-state index in [1.807, 2.05) is 29.6 Å². The molecule has 2 aromatic heterocycles. The summed E-state index contributed by atoms with van der Waals surface area (Å²) in [6, 6.07) is 7.46. The van der Waals surface area contributed by atoms with Gasteiger partial charge in [0.1, 0.15) is 17.0 Å². The summed E-state index contributed by atoms with van der Waals surface area (Å²) in [5.74, 6) is 6.63. The summed E-state index contributed by atoms with van der Waals surface area (Å²) in [6.07, 6.45) is 1.46. The molecule has 2 heterocycles. The first kappa shape index (κ1) is 11.5. The van der Waals surface area contributed by atoms with E-state index in [2.05, 4.69) is 21.8 Å². The van der Waals surface area contributed by atoms with E-state index in [9.17, 15) is 0 Å². The number of hydrogen-bond donors (Lipinski definition) is 2. The molecule has 92 valence electrons. The Labute approximate surface area is 114 Å². The first-order valence-electron chi connectivity index (χ1n) is 5.59. The van der Waals surface area contributed by atoms with E-state index >= 15 is 0 Å². The van der Waals surface area contributed by atoms with Gasteiger partial charge in [0.2, 0.25) is 0 Å². The van der Waals surface area contributed by atoms with Crippen LogP contribution in [0.1, 0.15) is 11.1 Å². The van der Waals surface area contributed by atoms with Gasteiger partial charge in [-0.15, -0.1) is 11.3 Å². The zero-order valence-electron chi connectivity index (χ0n) is 9.92. The molecule has 0 saturated heterocycles. The Morgan fingerprint density at radius 2 is 2.00 bits per heavy atom. The molecule has 0 fully saturated rings. The summed E-state index contributed by atoms with van der Waals surface area (Å²) in [6.45, 7) is 0. The number of thiophene rings is 1. The SMILES string of the molecule is Nc1cccc(C#Cc2csc3ncnc(N)c23)c1. The molecule has 1 aromatic carbocycles. The zero-order valence-corrected chi connectivity index (χ0v) is 10.7. The third kappa shape index (κ3) is 2.21. The number of hydrogen-bond acceptors (Lipinski definition) is 5. The van der Waals surface area contributed by atoms with E-state index in [-0.39, 0.29) is 0 Å². The van der Waals surface area contributed by atoms with E-state index < -0.39 is 0 Å². The van der Waals surface area contributed by atoms with Gasteiger partial charge in [0.15, 0.2) is 0 Å². The molecular weight excluding hydrogens is 256 g/mol. The molecule has 0 bridgehead atoms. The highest BCUT2D eigenvalue weighted by molar-refractivity contribution is 7.17. The first-order chi connectivity index (χ1) is 9.24. The Bertz CT molecular complexity index is 811. The Morgan fingerprint density at radius 3 is 2.84 bits per heavy atom. The van der Waals surface area contributed by atoms with E-state index in [1.54, 1.807) is 0 Å². The van der Waals surface area contributed by atoms with Crippen LogP contribution in [0, 0.1) is 11.8 Å². The van der Waals surface area contributed by atoms with Crippen LogP contribution in [0.2, 0.25) is 0 Å². The summed E-state index contributed by atoms with van der Waals surface area (Å²) in [4.78, 5) is 9.02. The average molecular weight is 266 g/mol. The highest BCUT2D eigenvalue weighted by Crippen LogP contribution is 2.26. The monoisotopic (exact) mass is 266 g/mol. The van der Waals surface area contributed by atoms with E-state index in [4.69, 9.17) is 11.5 Å².